The Bertz CT molecular complexity index is 459. The van der Waals surface area contributed by atoms with Crippen molar-refractivity contribution in [2.24, 2.45) is 5.92 Å². The molecule has 0 aliphatic heterocycles. The minimum Gasteiger partial charge on any atom is -0.481 e. The molecule has 1 atom stereocenters. The number of aliphatic carboxylic acids is 1. The topological polar surface area (TPSA) is 66.4 Å². The molecule has 2 N–H and O–H groups in total. The Morgan fingerprint density at radius 1 is 1.29 bits per heavy atom. The molecule has 1 aromatic carbocycles. The fraction of sp³-hybridized carbons (Fsp3) is 0.500. The molecule has 1 unspecified atom stereocenters. The van der Waals surface area contributed by atoms with Crippen molar-refractivity contribution in [3.8, 4) is 0 Å². The number of carboxylic acids is 1. The standard InChI is InChI=1S/C16H23NO3S/c1-12-5-7-14(8-6-12)21-11-9-15(18)17-10-3-4-13(2)16(19)20/h5-8,13H,3-4,9-11H2,1-2H3,(H,17,18)(H,19,20). The lowest BCUT2D eigenvalue weighted by molar-refractivity contribution is -0.141. The van der Waals surface area contributed by atoms with E-state index in [9.17, 15) is 9.59 Å². The van der Waals surface area contributed by atoms with Crippen LogP contribution in [0.15, 0.2) is 29.2 Å². The fourth-order valence-corrected chi connectivity index (χ4v) is 2.60. The van der Waals surface area contributed by atoms with Crippen LogP contribution in [-0.4, -0.2) is 29.3 Å². The van der Waals surface area contributed by atoms with E-state index in [0.717, 1.165) is 5.75 Å². The van der Waals surface area contributed by atoms with Crippen molar-refractivity contribution in [2.45, 2.75) is 38.0 Å². The minimum absolute atomic E-state index is 0.0255. The van der Waals surface area contributed by atoms with Gasteiger partial charge in [-0.1, -0.05) is 24.6 Å². The number of carbonyl (C=O) groups is 2. The van der Waals surface area contributed by atoms with Gasteiger partial charge in [-0.2, -0.15) is 0 Å². The number of hydrogen-bond donors (Lipinski definition) is 2. The highest BCUT2D eigenvalue weighted by molar-refractivity contribution is 7.99. The maximum absolute atomic E-state index is 11.6. The monoisotopic (exact) mass is 309 g/mol. The van der Waals surface area contributed by atoms with E-state index in [1.165, 1.54) is 10.5 Å². The highest BCUT2D eigenvalue weighted by Crippen LogP contribution is 2.18. The predicted octanol–water partition coefficient (Wildman–Crippen LogP) is 3.09. The molecule has 0 radical (unpaired) electrons. The summed E-state index contributed by atoms with van der Waals surface area (Å²) in [5, 5.41) is 11.6. The summed E-state index contributed by atoms with van der Waals surface area (Å²) in [5.74, 6) is -0.354. The van der Waals surface area contributed by atoms with Crippen molar-refractivity contribution in [1.82, 2.24) is 5.32 Å². The number of amides is 1. The second-order valence-electron chi connectivity index (χ2n) is 5.14. The second kappa shape index (κ2) is 9.45. The van der Waals surface area contributed by atoms with Crippen molar-refractivity contribution in [3.63, 3.8) is 0 Å². The molecule has 0 saturated carbocycles. The average molecular weight is 309 g/mol. The Morgan fingerprint density at radius 3 is 2.57 bits per heavy atom. The van der Waals surface area contributed by atoms with E-state index in [2.05, 4.69) is 29.6 Å². The van der Waals surface area contributed by atoms with Gasteiger partial charge in [0.05, 0.1) is 5.92 Å². The first-order valence-corrected chi connectivity index (χ1v) is 8.16. The van der Waals surface area contributed by atoms with Crippen LogP contribution in [0.4, 0.5) is 0 Å². The highest BCUT2D eigenvalue weighted by atomic mass is 32.2. The first-order valence-electron chi connectivity index (χ1n) is 7.18. The summed E-state index contributed by atoms with van der Waals surface area (Å²) in [5.41, 5.74) is 1.23. The zero-order valence-corrected chi connectivity index (χ0v) is 13.4. The van der Waals surface area contributed by atoms with Crippen LogP contribution in [0, 0.1) is 12.8 Å². The molecule has 0 aromatic heterocycles. The van der Waals surface area contributed by atoms with Gasteiger partial charge < -0.3 is 10.4 Å². The van der Waals surface area contributed by atoms with Crippen LogP contribution >= 0.6 is 11.8 Å². The number of nitrogens with one attached hydrogen (secondary N) is 1. The van der Waals surface area contributed by atoms with Gasteiger partial charge in [-0.3, -0.25) is 9.59 Å². The van der Waals surface area contributed by atoms with Crippen LogP contribution in [0.1, 0.15) is 31.7 Å². The van der Waals surface area contributed by atoms with Crippen LogP contribution in [0.2, 0.25) is 0 Å². The predicted molar refractivity (Wildman–Crippen MR) is 85.6 cm³/mol. The van der Waals surface area contributed by atoms with Gasteiger partial charge in [-0.25, -0.2) is 0 Å². The van der Waals surface area contributed by atoms with Gasteiger partial charge in [-0.05, 0) is 31.9 Å². The molecule has 0 fully saturated rings. The largest absolute Gasteiger partial charge is 0.481 e. The van der Waals surface area contributed by atoms with E-state index < -0.39 is 5.97 Å². The Hall–Kier alpha value is -1.49. The van der Waals surface area contributed by atoms with Gasteiger partial charge in [0.15, 0.2) is 0 Å². The van der Waals surface area contributed by atoms with Crippen LogP contribution in [0.25, 0.3) is 0 Å². The van der Waals surface area contributed by atoms with Crippen molar-refractivity contribution in [3.05, 3.63) is 29.8 Å². The van der Waals surface area contributed by atoms with Crippen molar-refractivity contribution >= 4 is 23.6 Å². The molecule has 0 saturated heterocycles. The summed E-state index contributed by atoms with van der Waals surface area (Å²) in [6, 6.07) is 8.24. The van der Waals surface area contributed by atoms with E-state index in [1.807, 2.05) is 6.92 Å². The summed E-state index contributed by atoms with van der Waals surface area (Å²) >= 11 is 1.67. The van der Waals surface area contributed by atoms with Crippen LogP contribution in [0.3, 0.4) is 0 Å². The van der Waals surface area contributed by atoms with Crippen LogP contribution in [0.5, 0.6) is 0 Å². The minimum atomic E-state index is -0.782. The third-order valence-electron chi connectivity index (χ3n) is 3.18. The summed E-state index contributed by atoms with van der Waals surface area (Å²) in [6.45, 7) is 4.28. The van der Waals surface area contributed by atoms with Crippen molar-refractivity contribution < 1.29 is 14.7 Å². The second-order valence-corrected chi connectivity index (χ2v) is 6.31. The molecule has 1 amide bonds. The molecule has 116 valence electrons. The Kier molecular flexibility index (Phi) is 7.90. The number of rotatable bonds is 9. The quantitative estimate of drug-likeness (QED) is 0.543. The Morgan fingerprint density at radius 2 is 1.95 bits per heavy atom. The van der Waals surface area contributed by atoms with Gasteiger partial charge in [0.1, 0.15) is 0 Å². The zero-order valence-electron chi connectivity index (χ0n) is 12.6. The van der Waals surface area contributed by atoms with Crippen molar-refractivity contribution in [2.75, 3.05) is 12.3 Å². The number of aryl methyl sites for hydroxylation is 1. The summed E-state index contributed by atoms with van der Waals surface area (Å²) in [7, 11) is 0. The van der Waals surface area contributed by atoms with E-state index in [0.29, 0.717) is 25.8 Å². The molecule has 0 aliphatic carbocycles. The van der Waals surface area contributed by atoms with Gasteiger partial charge in [0.2, 0.25) is 5.91 Å². The summed E-state index contributed by atoms with van der Waals surface area (Å²) < 4.78 is 0. The van der Waals surface area contributed by atoms with Gasteiger partial charge >= 0.3 is 5.97 Å². The lowest BCUT2D eigenvalue weighted by Gasteiger charge is -2.07. The first kappa shape index (κ1) is 17.6. The van der Waals surface area contributed by atoms with E-state index >= 15 is 0 Å². The molecule has 0 aliphatic rings. The van der Waals surface area contributed by atoms with Gasteiger partial charge in [0, 0.05) is 23.6 Å². The number of hydrogen-bond acceptors (Lipinski definition) is 3. The number of benzene rings is 1. The van der Waals surface area contributed by atoms with Crippen LogP contribution in [-0.2, 0) is 9.59 Å². The SMILES string of the molecule is Cc1ccc(SCCC(=O)NCCCC(C)C(=O)O)cc1. The Balaban J connectivity index is 2.09. The summed E-state index contributed by atoms with van der Waals surface area (Å²) in [6.07, 6.45) is 1.77. The summed E-state index contributed by atoms with van der Waals surface area (Å²) in [4.78, 5) is 23.4. The molecule has 21 heavy (non-hydrogen) atoms. The van der Waals surface area contributed by atoms with E-state index in [4.69, 9.17) is 5.11 Å². The normalized spacial score (nSPS) is 11.9. The molecule has 4 nitrogen and oxygen atoms in total. The van der Waals surface area contributed by atoms with Gasteiger partial charge in [0.25, 0.3) is 0 Å². The van der Waals surface area contributed by atoms with Gasteiger partial charge in [-0.15, -0.1) is 11.8 Å². The molecule has 0 spiro atoms. The van der Waals surface area contributed by atoms with Crippen molar-refractivity contribution in [1.29, 1.82) is 0 Å². The maximum atomic E-state index is 11.6. The molecule has 0 bridgehead atoms. The molecular weight excluding hydrogens is 286 g/mol. The molecule has 5 heteroatoms. The molecule has 0 heterocycles. The molecule has 1 aromatic rings. The highest BCUT2D eigenvalue weighted by Gasteiger charge is 2.10. The lowest BCUT2D eigenvalue weighted by atomic mass is 10.1. The third kappa shape index (κ3) is 7.75. The smallest absolute Gasteiger partial charge is 0.306 e. The molecular formula is C16H23NO3S. The first-order chi connectivity index (χ1) is 9.99. The maximum Gasteiger partial charge on any atom is 0.306 e. The number of carboxylic acid groups (broad SMARTS) is 1. The zero-order chi connectivity index (χ0) is 15.7. The number of thioether (sulfide) groups is 1. The van der Waals surface area contributed by atoms with Crippen LogP contribution < -0.4 is 5.32 Å². The Labute approximate surface area is 130 Å². The van der Waals surface area contributed by atoms with E-state index in [1.54, 1.807) is 18.7 Å². The molecule has 1 rings (SSSR count). The third-order valence-corrected chi connectivity index (χ3v) is 4.19. The fourth-order valence-electron chi connectivity index (χ4n) is 1.74. The lowest BCUT2D eigenvalue weighted by Crippen LogP contribution is -2.25. The average Bonchev–Trinajstić information content (AvgIpc) is 2.45. The number of carbonyl (C=O) groups excluding carboxylic acids is 1. The van der Waals surface area contributed by atoms with E-state index in [-0.39, 0.29) is 11.8 Å².